The summed E-state index contributed by atoms with van der Waals surface area (Å²) in [6.07, 6.45) is 6.76. The van der Waals surface area contributed by atoms with Crippen LogP contribution in [0.25, 0.3) is 0 Å². The fraction of sp³-hybridized carbons (Fsp3) is 1.00. The Kier molecular flexibility index (Phi) is 9.97. The van der Waals surface area contributed by atoms with Crippen LogP contribution in [0.4, 0.5) is 0 Å². The summed E-state index contributed by atoms with van der Waals surface area (Å²) in [5.41, 5.74) is 0. The molecule has 2 unspecified atom stereocenters. The van der Waals surface area contributed by atoms with Crippen molar-refractivity contribution in [2.75, 3.05) is 12.4 Å². The van der Waals surface area contributed by atoms with Crippen molar-refractivity contribution in [3.8, 4) is 0 Å². The summed E-state index contributed by atoms with van der Waals surface area (Å²) in [5, 5.41) is 3.53. The molecule has 0 aromatic rings. The number of nitrogens with one attached hydrogen (secondary N) is 1. The largest absolute Gasteiger partial charge is 0.314 e. The lowest BCUT2D eigenvalue weighted by molar-refractivity contribution is 0.423. The molecule has 0 rings (SSSR count). The standard InChI is InChI=1S/C12H26ClN/c1-4-5-6-7-8-9-14-12(3)11(2)10-13/h11-12,14H,4-10H2,1-3H3. The molecule has 0 amide bonds. The van der Waals surface area contributed by atoms with E-state index in [-0.39, 0.29) is 0 Å². The molecule has 0 aliphatic heterocycles. The van der Waals surface area contributed by atoms with Gasteiger partial charge in [0.1, 0.15) is 0 Å². The van der Waals surface area contributed by atoms with Gasteiger partial charge in [0.25, 0.3) is 0 Å². The van der Waals surface area contributed by atoms with Gasteiger partial charge in [0.15, 0.2) is 0 Å². The maximum absolute atomic E-state index is 5.79. The van der Waals surface area contributed by atoms with Crippen LogP contribution in [0.2, 0.25) is 0 Å². The van der Waals surface area contributed by atoms with Gasteiger partial charge in [0.2, 0.25) is 0 Å². The van der Waals surface area contributed by atoms with Gasteiger partial charge in [-0.15, -0.1) is 11.6 Å². The minimum absolute atomic E-state index is 0.554. The lowest BCUT2D eigenvalue weighted by Crippen LogP contribution is -2.33. The molecule has 0 radical (unpaired) electrons. The monoisotopic (exact) mass is 219 g/mol. The van der Waals surface area contributed by atoms with Gasteiger partial charge < -0.3 is 5.32 Å². The number of rotatable bonds is 9. The summed E-state index contributed by atoms with van der Waals surface area (Å²) in [5.74, 6) is 1.33. The Morgan fingerprint density at radius 2 is 1.71 bits per heavy atom. The third-order valence-corrected chi connectivity index (χ3v) is 3.33. The van der Waals surface area contributed by atoms with Crippen LogP contribution in [0.3, 0.4) is 0 Å². The van der Waals surface area contributed by atoms with Crippen molar-refractivity contribution in [3.63, 3.8) is 0 Å². The first kappa shape index (κ1) is 14.2. The number of hydrogen-bond acceptors (Lipinski definition) is 1. The molecule has 14 heavy (non-hydrogen) atoms. The van der Waals surface area contributed by atoms with E-state index in [1.165, 1.54) is 32.1 Å². The summed E-state index contributed by atoms with van der Waals surface area (Å²) in [7, 11) is 0. The van der Waals surface area contributed by atoms with Crippen LogP contribution in [0.5, 0.6) is 0 Å². The summed E-state index contributed by atoms with van der Waals surface area (Å²) < 4.78 is 0. The van der Waals surface area contributed by atoms with Gasteiger partial charge in [-0.1, -0.05) is 39.5 Å². The van der Waals surface area contributed by atoms with E-state index in [2.05, 4.69) is 26.1 Å². The fourth-order valence-corrected chi connectivity index (χ4v) is 1.66. The van der Waals surface area contributed by atoms with E-state index < -0.39 is 0 Å². The zero-order valence-corrected chi connectivity index (χ0v) is 10.7. The van der Waals surface area contributed by atoms with Gasteiger partial charge in [-0.3, -0.25) is 0 Å². The lowest BCUT2D eigenvalue weighted by Gasteiger charge is -2.18. The van der Waals surface area contributed by atoms with Crippen LogP contribution in [-0.2, 0) is 0 Å². The molecule has 86 valence electrons. The highest BCUT2D eigenvalue weighted by molar-refractivity contribution is 6.18. The Hall–Kier alpha value is 0.250. The molecule has 2 atom stereocenters. The predicted molar refractivity (Wildman–Crippen MR) is 66.1 cm³/mol. The van der Waals surface area contributed by atoms with Crippen LogP contribution in [-0.4, -0.2) is 18.5 Å². The molecule has 1 N–H and O–H groups in total. The molecule has 0 aliphatic carbocycles. The van der Waals surface area contributed by atoms with Gasteiger partial charge in [0, 0.05) is 11.9 Å². The minimum Gasteiger partial charge on any atom is -0.314 e. The molecule has 0 heterocycles. The average Bonchev–Trinajstić information content (AvgIpc) is 2.21. The quantitative estimate of drug-likeness (QED) is 0.460. The van der Waals surface area contributed by atoms with E-state index in [1.54, 1.807) is 0 Å². The zero-order valence-electron chi connectivity index (χ0n) is 9.98. The van der Waals surface area contributed by atoms with E-state index in [0.29, 0.717) is 12.0 Å². The highest BCUT2D eigenvalue weighted by Crippen LogP contribution is 2.05. The van der Waals surface area contributed by atoms with Crippen molar-refractivity contribution in [2.24, 2.45) is 5.92 Å². The Morgan fingerprint density at radius 1 is 1.07 bits per heavy atom. The fourth-order valence-electron chi connectivity index (χ4n) is 1.39. The molecule has 0 aromatic heterocycles. The van der Waals surface area contributed by atoms with Gasteiger partial charge in [-0.05, 0) is 25.8 Å². The van der Waals surface area contributed by atoms with Crippen molar-refractivity contribution >= 4 is 11.6 Å². The summed E-state index contributed by atoms with van der Waals surface area (Å²) in [6, 6.07) is 0.554. The topological polar surface area (TPSA) is 12.0 Å². The maximum Gasteiger partial charge on any atom is 0.0263 e. The van der Waals surface area contributed by atoms with Crippen molar-refractivity contribution in [1.82, 2.24) is 5.32 Å². The number of halogens is 1. The number of alkyl halides is 1. The Bertz CT molecular complexity index is 117. The van der Waals surface area contributed by atoms with Crippen molar-refractivity contribution < 1.29 is 0 Å². The summed E-state index contributed by atoms with van der Waals surface area (Å²) in [6.45, 7) is 7.81. The van der Waals surface area contributed by atoms with E-state index in [4.69, 9.17) is 11.6 Å². The van der Waals surface area contributed by atoms with Crippen LogP contribution in [0, 0.1) is 5.92 Å². The van der Waals surface area contributed by atoms with Crippen LogP contribution in [0.15, 0.2) is 0 Å². The maximum atomic E-state index is 5.79. The Balaban J connectivity index is 3.18. The lowest BCUT2D eigenvalue weighted by atomic mass is 10.1. The molecule has 0 spiro atoms. The van der Waals surface area contributed by atoms with Crippen LogP contribution in [0.1, 0.15) is 52.9 Å². The molecule has 1 nitrogen and oxygen atoms in total. The number of hydrogen-bond donors (Lipinski definition) is 1. The highest BCUT2D eigenvalue weighted by Gasteiger charge is 2.08. The van der Waals surface area contributed by atoms with Gasteiger partial charge >= 0.3 is 0 Å². The third kappa shape index (κ3) is 7.64. The summed E-state index contributed by atoms with van der Waals surface area (Å²) in [4.78, 5) is 0. The van der Waals surface area contributed by atoms with Gasteiger partial charge in [-0.2, -0.15) is 0 Å². The predicted octanol–water partition coefficient (Wildman–Crippen LogP) is 3.81. The SMILES string of the molecule is CCCCCCCNC(C)C(C)CCl. The van der Waals surface area contributed by atoms with Gasteiger partial charge in [0.05, 0.1) is 0 Å². The molecule has 0 aliphatic rings. The normalized spacial score (nSPS) is 15.4. The van der Waals surface area contributed by atoms with Gasteiger partial charge in [-0.25, -0.2) is 0 Å². The molecular weight excluding hydrogens is 194 g/mol. The van der Waals surface area contributed by atoms with E-state index in [0.717, 1.165) is 12.4 Å². The third-order valence-electron chi connectivity index (χ3n) is 2.84. The first-order chi connectivity index (χ1) is 6.72. The second kappa shape index (κ2) is 9.79. The first-order valence-corrected chi connectivity index (χ1v) is 6.55. The van der Waals surface area contributed by atoms with Crippen molar-refractivity contribution in [2.45, 2.75) is 58.9 Å². The Morgan fingerprint density at radius 3 is 2.29 bits per heavy atom. The molecular formula is C12H26ClN. The molecule has 2 heteroatoms. The highest BCUT2D eigenvalue weighted by atomic mass is 35.5. The molecule has 0 saturated carbocycles. The smallest absolute Gasteiger partial charge is 0.0263 e. The van der Waals surface area contributed by atoms with Crippen LogP contribution < -0.4 is 5.32 Å². The van der Waals surface area contributed by atoms with Crippen molar-refractivity contribution in [1.29, 1.82) is 0 Å². The zero-order chi connectivity index (χ0) is 10.8. The van der Waals surface area contributed by atoms with E-state index in [1.807, 2.05) is 0 Å². The second-order valence-electron chi connectivity index (χ2n) is 4.29. The van der Waals surface area contributed by atoms with E-state index in [9.17, 15) is 0 Å². The molecule has 0 aromatic carbocycles. The minimum atomic E-state index is 0.554. The second-order valence-corrected chi connectivity index (χ2v) is 4.60. The molecule has 0 fully saturated rings. The summed E-state index contributed by atoms with van der Waals surface area (Å²) >= 11 is 5.79. The Labute approximate surface area is 94.6 Å². The van der Waals surface area contributed by atoms with Crippen molar-refractivity contribution in [3.05, 3.63) is 0 Å². The molecule has 0 saturated heterocycles. The first-order valence-electron chi connectivity index (χ1n) is 6.01. The number of unbranched alkanes of at least 4 members (excludes halogenated alkanes) is 4. The van der Waals surface area contributed by atoms with Crippen LogP contribution >= 0.6 is 11.6 Å². The van der Waals surface area contributed by atoms with E-state index >= 15 is 0 Å². The molecule has 0 bridgehead atoms. The average molecular weight is 220 g/mol.